The molecule has 0 aliphatic heterocycles. The summed E-state index contributed by atoms with van der Waals surface area (Å²) in [6, 6.07) is 8.89. The average Bonchev–Trinajstić information content (AvgIpc) is 3.05. The summed E-state index contributed by atoms with van der Waals surface area (Å²) < 4.78 is 15.7. The van der Waals surface area contributed by atoms with Crippen molar-refractivity contribution in [1.82, 2.24) is 19.6 Å². The summed E-state index contributed by atoms with van der Waals surface area (Å²) in [7, 11) is 0. The van der Waals surface area contributed by atoms with Gasteiger partial charge in [0, 0.05) is 24.8 Å². The van der Waals surface area contributed by atoms with Crippen molar-refractivity contribution in [3.63, 3.8) is 0 Å². The van der Waals surface area contributed by atoms with Gasteiger partial charge in [0.25, 0.3) is 0 Å². The summed E-state index contributed by atoms with van der Waals surface area (Å²) in [6.45, 7) is 11.3. The standard InChI is InChI=1S/C23H29FN4O/c1-5-27(6-2)12-11-25-22(29)14-20-23(18-8-9-19(24)17(4)13-18)26-21-10-7-16(3)15-28(20)21/h7-10,13,15H,5-6,11-12,14H2,1-4H3,(H,25,29). The third-order valence-electron chi connectivity index (χ3n) is 5.27. The molecule has 1 N–H and O–H groups in total. The minimum atomic E-state index is -0.246. The first-order valence-corrected chi connectivity index (χ1v) is 10.2. The minimum Gasteiger partial charge on any atom is -0.354 e. The van der Waals surface area contributed by atoms with E-state index in [1.807, 2.05) is 29.7 Å². The lowest BCUT2D eigenvalue weighted by Crippen LogP contribution is -2.35. The van der Waals surface area contributed by atoms with Gasteiger partial charge in [-0.25, -0.2) is 9.37 Å². The molecule has 0 bridgehead atoms. The van der Waals surface area contributed by atoms with Crippen molar-refractivity contribution in [3.05, 3.63) is 59.2 Å². The Bertz CT molecular complexity index is 1010. The summed E-state index contributed by atoms with van der Waals surface area (Å²) >= 11 is 0. The quantitative estimate of drug-likeness (QED) is 0.631. The Labute approximate surface area is 171 Å². The van der Waals surface area contributed by atoms with E-state index in [0.29, 0.717) is 12.1 Å². The second-order valence-corrected chi connectivity index (χ2v) is 7.36. The molecule has 154 valence electrons. The van der Waals surface area contributed by atoms with Crippen molar-refractivity contribution < 1.29 is 9.18 Å². The maximum atomic E-state index is 13.8. The van der Waals surface area contributed by atoms with Crippen LogP contribution >= 0.6 is 0 Å². The molecule has 5 nitrogen and oxygen atoms in total. The molecular weight excluding hydrogens is 367 g/mol. The topological polar surface area (TPSA) is 49.6 Å². The number of halogens is 1. The number of aromatic nitrogens is 2. The molecule has 6 heteroatoms. The van der Waals surface area contributed by atoms with Crippen molar-refractivity contribution >= 4 is 11.6 Å². The summed E-state index contributed by atoms with van der Waals surface area (Å²) in [5.41, 5.74) is 4.77. The highest BCUT2D eigenvalue weighted by Gasteiger charge is 2.18. The van der Waals surface area contributed by atoms with Gasteiger partial charge >= 0.3 is 0 Å². The summed E-state index contributed by atoms with van der Waals surface area (Å²) in [4.78, 5) is 19.7. The van der Waals surface area contributed by atoms with Gasteiger partial charge in [0.1, 0.15) is 11.5 Å². The van der Waals surface area contributed by atoms with Crippen molar-refractivity contribution in [1.29, 1.82) is 0 Å². The van der Waals surface area contributed by atoms with Crippen LogP contribution in [0.3, 0.4) is 0 Å². The zero-order chi connectivity index (χ0) is 21.0. The van der Waals surface area contributed by atoms with Crippen molar-refractivity contribution in [2.75, 3.05) is 26.2 Å². The lowest BCUT2D eigenvalue weighted by Gasteiger charge is -2.18. The van der Waals surface area contributed by atoms with E-state index in [9.17, 15) is 9.18 Å². The Hall–Kier alpha value is -2.73. The molecule has 0 radical (unpaired) electrons. The number of fused-ring (bicyclic) bond motifs is 1. The smallest absolute Gasteiger partial charge is 0.226 e. The molecule has 0 aliphatic rings. The van der Waals surface area contributed by atoms with Crippen molar-refractivity contribution in [2.24, 2.45) is 0 Å². The summed E-state index contributed by atoms with van der Waals surface area (Å²) in [6.07, 6.45) is 2.20. The molecule has 2 aromatic heterocycles. The van der Waals surface area contributed by atoms with Gasteiger partial charge in [-0.15, -0.1) is 0 Å². The van der Waals surface area contributed by atoms with Crippen LogP contribution in [0.4, 0.5) is 4.39 Å². The van der Waals surface area contributed by atoms with Crippen LogP contribution in [0.2, 0.25) is 0 Å². The SMILES string of the molecule is CCN(CC)CCNC(=O)Cc1c(-c2ccc(F)c(C)c2)nc2ccc(C)cn12. The number of rotatable bonds is 8. The molecule has 3 aromatic rings. The van der Waals surface area contributed by atoms with Gasteiger partial charge in [-0.05, 0) is 62.3 Å². The van der Waals surface area contributed by atoms with E-state index in [0.717, 1.165) is 47.8 Å². The fraction of sp³-hybridized carbons (Fsp3) is 0.391. The Morgan fingerprint density at radius 1 is 1.17 bits per heavy atom. The zero-order valence-electron chi connectivity index (χ0n) is 17.6. The Morgan fingerprint density at radius 3 is 2.62 bits per heavy atom. The van der Waals surface area contributed by atoms with Gasteiger partial charge in [-0.3, -0.25) is 4.79 Å². The molecule has 3 rings (SSSR count). The molecule has 29 heavy (non-hydrogen) atoms. The van der Waals surface area contributed by atoms with Gasteiger partial charge in [0.05, 0.1) is 17.8 Å². The van der Waals surface area contributed by atoms with Crippen LogP contribution in [0.1, 0.15) is 30.7 Å². The van der Waals surface area contributed by atoms with E-state index in [2.05, 4.69) is 24.1 Å². The van der Waals surface area contributed by atoms with Crippen LogP contribution in [0.15, 0.2) is 36.5 Å². The van der Waals surface area contributed by atoms with Crippen LogP contribution in [0, 0.1) is 19.7 Å². The fourth-order valence-electron chi connectivity index (χ4n) is 3.50. The molecule has 2 heterocycles. The molecule has 0 unspecified atom stereocenters. The number of hydrogen-bond donors (Lipinski definition) is 1. The number of hydrogen-bond acceptors (Lipinski definition) is 3. The molecular formula is C23H29FN4O. The molecule has 0 aliphatic carbocycles. The lowest BCUT2D eigenvalue weighted by molar-refractivity contribution is -0.120. The van der Waals surface area contributed by atoms with E-state index in [-0.39, 0.29) is 18.1 Å². The lowest BCUT2D eigenvalue weighted by atomic mass is 10.1. The van der Waals surface area contributed by atoms with E-state index < -0.39 is 0 Å². The molecule has 0 atom stereocenters. The number of benzene rings is 1. The van der Waals surface area contributed by atoms with Crippen molar-refractivity contribution in [3.8, 4) is 11.3 Å². The van der Waals surface area contributed by atoms with Gasteiger partial charge < -0.3 is 14.6 Å². The molecule has 0 saturated heterocycles. The number of nitrogens with zero attached hydrogens (tertiary/aromatic N) is 3. The number of likely N-dealkylation sites (N-methyl/N-ethyl adjacent to an activating group) is 1. The monoisotopic (exact) mass is 396 g/mol. The molecule has 0 fully saturated rings. The first-order chi connectivity index (χ1) is 13.9. The number of carbonyl (C=O) groups is 1. The largest absolute Gasteiger partial charge is 0.354 e. The van der Waals surface area contributed by atoms with Crippen LogP contribution in [0.5, 0.6) is 0 Å². The normalized spacial score (nSPS) is 11.4. The number of aryl methyl sites for hydroxylation is 2. The van der Waals surface area contributed by atoms with Gasteiger partial charge in [0.2, 0.25) is 5.91 Å². The first kappa shape index (κ1) is 21.0. The number of carbonyl (C=O) groups excluding carboxylic acids is 1. The predicted molar refractivity (Wildman–Crippen MR) is 115 cm³/mol. The molecule has 1 aromatic carbocycles. The Balaban J connectivity index is 1.89. The molecule has 1 amide bonds. The summed E-state index contributed by atoms with van der Waals surface area (Å²) in [5.74, 6) is -0.287. The second-order valence-electron chi connectivity index (χ2n) is 7.36. The Kier molecular flexibility index (Phi) is 6.64. The highest BCUT2D eigenvalue weighted by atomic mass is 19.1. The van der Waals surface area contributed by atoms with Gasteiger partial charge in [-0.1, -0.05) is 19.9 Å². The van der Waals surface area contributed by atoms with E-state index in [4.69, 9.17) is 4.98 Å². The number of nitrogens with one attached hydrogen (secondary N) is 1. The Morgan fingerprint density at radius 2 is 1.93 bits per heavy atom. The van der Waals surface area contributed by atoms with E-state index >= 15 is 0 Å². The van der Waals surface area contributed by atoms with E-state index in [1.165, 1.54) is 6.07 Å². The maximum absolute atomic E-state index is 13.8. The number of imidazole rings is 1. The maximum Gasteiger partial charge on any atom is 0.226 e. The third-order valence-corrected chi connectivity index (χ3v) is 5.27. The molecule has 0 saturated carbocycles. The van der Waals surface area contributed by atoms with Crippen LogP contribution in [-0.2, 0) is 11.2 Å². The van der Waals surface area contributed by atoms with Crippen molar-refractivity contribution in [2.45, 2.75) is 34.1 Å². The average molecular weight is 397 g/mol. The van der Waals surface area contributed by atoms with Gasteiger partial charge in [-0.2, -0.15) is 0 Å². The first-order valence-electron chi connectivity index (χ1n) is 10.2. The van der Waals surface area contributed by atoms with Crippen LogP contribution in [0.25, 0.3) is 16.9 Å². The van der Waals surface area contributed by atoms with E-state index in [1.54, 1.807) is 19.1 Å². The number of amides is 1. The third kappa shape index (κ3) is 4.82. The van der Waals surface area contributed by atoms with Crippen LogP contribution in [-0.4, -0.2) is 46.4 Å². The highest BCUT2D eigenvalue weighted by Crippen LogP contribution is 2.27. The highest BCUT2D eigenvalue weighted by molar-refractivity contribution is 5.81. The predicted octanol–water partition coefficient (Wildman–Crippen LogP) is 3.76. The van der Waals surface area contributed by atoms with Crippen LogP contribution < -0.4 is 5.32 Å². The second kappa shape index (κ2) is 9.18. The number of pyridine rings is 1. The fourth-order valence-corrected chi connectivity index (χ4v) is 3.50. The van der Waals surface area contributed by atoms with Gasteiger partial charge in [0.15, 0.2) is 0 Å². The zero-order valence-corrected chi connectivity index (χ0v) is 17.6. The molecule has 0 spiro atoms. The minimum absolute atomic E-state index is 0.0412. The summed E-state index contributed by atoms with van der Waals surface area (Å²) in [5, 5.41) is 3.02.